The van der Waals surface area contributed by atoms with E-state index in [1.807, 2.05) is 18.2 Å². The lowest BCUT2D eigenvalue weighted by Crippen LogP contribution is -2.49. The van der Waals surface area contributed by atoms with Crippen molar-refractivity contribution in [1.82, 2.24) is 20.4 Å². The number of benzene rings is 1. The fourth-order valence-electron chi connectivity index (χ4n) is 1.97. The monoisotopic (exact) mass is 358 g/mol. The summed E-state index contributed by atoms with van der Waals surface area (Å²) in [6.45, 7) is 2.20. The highest BCUT2D eigenvalue weighted by Crippen LogP contribution is 2.26. The lowest BCUT2D eigenvalue weighted by Gasteiger charge is -2.19. The van der Waals surface area contributed by atoms with Crippen molar-refractivity contribution in [3.8, 4) is 17.1 Å². The standard InChI is InChI=1S/C12H10N2O3.C4H8N4O/c1-17-10-5-3-2-4-9(10)11-13-6-8(7-14-11)12(15)16;1-3-2-8(5)4(9)7-6-3/h2-7H,1H3,(H,15,16);2,5H2,1H3,(H,7,9). The van der Waals surface area contributed by atoms with Crippen LogP contribution < -0.4 is 16.0 Å². The fraction of sp³-hybridized carbons (Fsp3) is 0.188. The van der Waals surface area contributed by atoms with E-state index in [1.165, 1.54) is 12.4 Å². The number of carbonyl (C=O) groups is 2. The molecule has 10 heteroatoms. The number of aromatic nitrogens is 2. The van der Waals surface area contributed by atoms with Crippen LogP contribution in [0.5, 0.6) is 5.75 Å². The number of nitrogens with two attached hydrogens (primary N) is 1. The van der Waals surface area contributed by atoms with Gasteiger partial charge in [-0.25, -0.2) is 30.8 Å². The zero-order valence-corrected chi connectivity index (χ0v) is 14.2. The minimum atomic E-state index is -1.04. The Bertz CT molecular complexity index is 822. The first-order chi connectivity index (χ1) is 12.4. The van der Waals surface area contributed by atoms with E-state index in [4.69, 9.17) is 15.7 Å². The second-order valence-electron chi connectivity index (χ2n) is 5.19. The molecule has 1 aliphatic rings. The molecule has 0 fully saturated rings. The Labute approximate surface area is 149 Å². The highest BCUT2D eigenvalue weighted by Gasteiger charge is 2.13. The molecule has 26 heavy (non-hydrogen) atoms. The quantitative estimate of drug-likeness (QED) is 0.551. The maximum Gasteiger partial charge on any atom is 0.352 e. The molecule has 1 aromatic heterocycles. The SMILES string of the molecule is CC1=NNC(=O)N(N)C1.COc1ccccc1-c1ncc(C(=O)O)cn1. The van der Waals surface area contributed by atoms with Crippen LogP contribution in [0.2, 0.25) is 0 Å². The molecule has 0 atom stereocenters. The van der Waals surface area contributed by atoms with E-state index in [0.717, 1.165) is 16.3 Å². The van der Waals surface area contributed by atoms with Gasteiger partial charge in [-0.2, -0.15) is 5.10 Å². The van der Waals surface area contributed by atoms with Gasteiger partial charge in [0, 0.05) is 12.4 Å². The summed E-state index contributed by atoms with van der Waals surface area (Å²) in [5.74, 6) is 5.25. The first-order valence-corrected chi connectivity index (χ1v) is 7.46. The van der Waals surface area contributed by atoms with Gasteiger partial charge in [0.15, 0.2) is 5.82 Å². The third-order valence-corrected chi connectivity index (χ3v) is 3.25. The summed E-state index contributed by atoms with van der Waals surface area (Å²) >= 11 is 0. The summed E-state index contributed by atoms with van der Waals surface area (Å²) in [5, 5.41) is 13.5. The van der Waals surface area contributed by atoms with Gasteiger partial charge in [-0.15, -0.1) is 0 Å². The third-order valence-electron chi connectivity index (χ3n) is 3.25. The minimum absolute atomic E-state index is 0.0589. The normalized spacial score (nSPS) is 13.1. The molecule has 0 spiro atoms. The largest absolute Gasteiger partial charge is 0.496 e. The van der Waals surface area contributed by atoms with Crippen molar-refractivity contribution in [3.63, 3.8) is 0 Å². The molecule has 0 bridgehead atoms. The minimum Gasteiger partial charge on any atom is -0.496 e. The molecular formula is C16H18N6O4. The Hall–Kier alpha value is -3.53. The molecule has 1 aliphatic heterocycles. The van der Waals surface area contributed by atoms with Gasteiger partial charge in [0.1, 0.15) is 5.75 Å². The lowest BCUT2D eigenvalue weighted by molar-refractivity contribution is 0.0696. The zero-order chi connectivity index (χ0) is 19.1. The van der Waals surface area contributed by atoms with Crippen LogP contribution in [-0.2, 0) is 0 Å². The second-order valence-corrected chi connectivity index (χ2v) is 5.19. The van der Waals surface area contributed by atoms with E-state index in [2.05, 4.69) is 20.5 Å². The predicted octanol–water partition coefficient (Wildman–Crippen LogP) is 1.11. The number of amides is 2. The molecule has 2 amide bonds. The van der Waals surface area contributed by atoms with Crippen LogP contribution in [-0.4, -0.2) is 51.5 Å². The fourth-order valence-corrected chi connectivity index (χ4v) is 1.97. The number of carbonyl (C=O) groups excluding carboxylic acids is 1. The maximum absolute atomic E-state index is 10.7. The number of methoxy groups -OCH3 is 1. The van der Waals surface area contributed by atoms with E-state index in [1.54, 1.807) is 20.1 Å². The van der Waals surface area contributed by atoms with E-state index in [-0.39, 0.29) is 11.6 Å². The van der Waals surface area contributed by atoms with Crippen molar-refractivity contribution in [1.29, 1.82) is 0 Å². The molecule has 4 N–H and O–H groups in total. The van der Waals surface area contributed by atoms with Crippen molar-refractivity contribution in [3.05, 3.63) is 42.2 Å². The predicted molar refractivity (Wildman–Crippen MR) is 93.5 cm³/mol. The van der Waals surface area contributed by atoms with Gasteiger partial charge in [0.2, 0.25) is 0 Å². The molecule has 1 aromatic carbocycles. The molecule has 2 heterocycles. The van der Waals surface area contributed by atoms with Gasteiger partial charge < -0.3 is 9.84 Å². The number of aromatic carboxylic acids is 1. The molecule has 0 unspecified atom stereocenters. The number of hydrogen-bond acceptors (Lipinski definition) is 7. The molecule has 2 aromatic rings. The molecule has 3 rings (SSSR count). The van der Waals surface area contributed by atoms with Gasteiger partial charge in [-0.1, -0.05) is 12.1 Å². The van der Waals surface area contributed by atoms with Crippen molar-refractivity contribution < 1.29 is 19.4 Å². The van der Waals surface area contributed by atoms with Crippen LogP contribution in [0.4, 0.5) is 4.79 Å². The van der Waals surface area contributed by atoms with Gasteiger partial charge in [-0.05, 0) is 19.1 Å². The van der Waals surface area contributed by atoms with E-state index >= 15 is 0 Å². The molecule has 10 nitrogen and oxygen atoms in total. The number of ether oxygens (including phenoxy) is 1. The molecular weight excluding hydrogens is 340 g/mol. The van der Waals surface area contributed by atoms with Gasteiger partial charge in [-0.3, -0.25) is 5.01 Å². The topological polar surface area (TPSA) is 143 Å². The highest BCUT2D eigenvalue weighted by molar-refractivity contribution is 5.91. The van der Waals surface area contributed by atoms with Crippen molar-refractivity contribution >= 4 is 17.7 Å². The van der Waals surface area contributed by atoms with Crippen molar-refractivity contribution in [2.75, 3.05) is 13.7 Å². The van der Waals surface area contributed by atoms with Crippen LogP contribution in [0.3, 0.4) is 0 Å². The number of para-hydroxylation sites is 1. The second kappa shape index (κ2) is 8.53. The number of carboxylic acids is 1. The number of nitrogens with one attached hydrogen (secondary N) is 1. The third kappa shape index (κ3) is 4.74. The van der Waals surface area contributed by atoms with Gasteiger partial charge >= 0.3 is 12.0 Å². The Morgan fingerprint density at radius 1 is 1.31 bits per heavy atom. The smallest absolute Gasteiger partial charge is 0.352 e. The Morgan fingerprint density at radius 3 is 2.50 bits per heavy atom. The van der Waals surface area contributed by atoms with Crippen LogP contribution in [0.15, 0.2) is 41.8 Å². The molecule has 0 saturated carbocycles. The molecule has 0 radical (unpaired) electrons. The number of hydrazone groups is 1. The van der Waals surface area contributed by atoms with Crippen LogP contribution in [0.1, 0.15) is 17.3 Å². The van der Waals surface area contributed by atoms with Crippen LogP contribution in [0.25, 0.3) is 11.4 Å². The number of hydrogen-bond donors (Lipinski definition) is 3. The van der Waals surface area contributed by atoms with Crippen molar-refractivity contribution in [2.45, 2.75) is 6.92 Å². The summed E-state index contributed by atoms with van der Waals surface area (Å²) in [6.07, 6.45) is 2.55. The van der Waals surface area contributed by atoms with Gasteiger partial charge in [0.05, 0.1) is 30.5 Å². The van der Waals surface area contributed by atoms with Crippen molar-refractivity contribution in [2.24, 2.45) is 10.9 Å². The number of nitrogens with zero attached hydrogens (tertiary/aromatic N) is 4. The zero-order valence-electron chi connectivity index (χ0n) is 14.2. The first kappa shape index (κ1) is 18.8. The highest BCUT2D eigenvalue weighted by atomic mass is 16.5. The van der Waals surface area contributed by atoms with E-state index < -0.39 is 5.97 Å². The summed E-state index contributed by atoms with van der Waals surface area (Å²) in [7, 11) is 1.56. The van der Waals surface area contributed by atoms with Crippen LogP contribution in [0, 0.1) is 0 Å². The molecule has 0 saturated heterocycles. The van der Waals surface area contributed by atoms with E-state index in [0.29, 0.717) is 18.1 Å². The van der Waals surface area contributed by atoms with E-state index in [9.17, 15) is 9.59 Å². The lowest BCUT2D eigenvalue weighted by atomic mass is 10.2. The molecule has 0 aliphatic carbocycles. The summed E-state index contributed by atoms with van der Waals surface area (Å²) < 4.78 is 5.18. The number of carboxylic acid groups (broad SMARTS) is 1. The van der Waals surface area contributed by atoms with Gasteiger partial charge in [0.25, 0.3) is 0 Å². The Morgan fingerprint density at radius 2 is 1.96 bits per heavy atom. The molecule has 136 valence electrons. The first-order valence-electron chi connectivity index (χ1n) is 7.46. The number of rotatable bonds is 3. The Kier molecular flexibility index (Phi) is 6.17. The number of hydrazine groups is 1. The maximum atomic E-state index is 10.7. The summed E-state index contributed by atoms with van der Waals surface area (Å²) in [5.41, 5.74) is 3.82. The summed E-state index contributed by atoms with van der Waals surface area (Å²) in [6, 6.07) is 6.93. The number of urea groups is 1. The summed E-state index contributed by atoms with van der Waals surface area (Å²) in [4.78, 5) is 29.2. The average Bonchev–Trinajstić information content (AvgIpc) is 2.65. The van der Waals surface area contributed by atoms with Crippen LogP contribution >= 0.6 is 0 Å². The average molecular weight is 358 g/mol. The Balaban J connectivity index is 0.000000228.